The molecule has 1 heterocycles. The van der Waals surface area contributed by atoms with Crippen molar-refractivity contribution in [2.75, 3.05) is 5.32 Å². The number of hydrogen-bond acceptors (Lipinski definition) is 2. The maximum atomic E-state index is 13.0. The number of pyridine rings is 1. The number of halogens is 1. The number of carbonyl (C=O) groups excluding carboxylic acids is 1. The summed E-state index contributed by atoms with van der Waals surface area (Å²) in [7, 11) is 0. The zero-order chi connectivity index (χ0) is 15.6. The lowest BCUT2D eigenvalue weighted by Crippen LogP contribution is -2.38. The highest BCUT2D eigenvalue weighted by molar-refractivity contribution is 6.30. The van der Waals surface area contributed by atoms with Crippen molar-refractivity contribution < 1.29 is 4.79 Å². The van der Waals surface area contributed by atoms with Gasteiger partial charge in [0.05, 0.1) is 5.41 Å². The molecule has 4 heteroatoms. The number of aromatic nitrogens is 1. The quantitative estimate of drug-likeness (QED) is 0.906. The Hall–Kier alpha value is -1.87. The van der Waals surface area contributed by atoms with Gasteiger partial charge < -0.3 is 5.32 Å². The summed E-state index contributed by atoms with van der Waals surface area (Å²) in [5.74, 6) is 0.628. The molecule has 1 aromatic heterocycles. The molecule has 0 unspecified atom stereocenters. The zero-order valence-electron chi connectivity index (χ0n) is 12.6. The van der Waals surface area contributed by atoms with Gasteiger partial charge in [-0.05, 0) is 55.2 Å². The van der Waals surface area contributed by atoms with Gasteiger partial charge in [0.1, 0.15) is 5.82 Å². The average Bonchev–Trinajstić information content (AvgIpc) is 2.98. The van der Waals surface area contributed by atoms with E-state index in [1.807, 2.05) is 43.3 Å². The van der Waals surface area contributed by atoms with Gasteiger partial charge in [-0.2, -0.15) is 0 Å². The molecule has 1 saturated carbocycles. The molecule has 1 N–H and O–H groups in total. The molecule has 0 atom stereocenters. The van der Waals surface area contributed by atoms with Gasteiger partial charge in [0.25, 0.3) is 0 Å². The van der Waals surface area contributed by atoms with Gasteiger partial charge in [0, 0.05) is 11.2 Å². The molecule has 3 rings (SSSR count). The lowest BCUT2D eigenvalue weighted by Gasteiger charge is -2.28. The highest BCUT2D eigenvalue weighted by atomic mass is 35.5. The second-order valence-corrected chi connectivity index (χ2v) is 6.41. The zero-order valence-corrected chi connectivity index (χ0v) is 13.4. The van der Waals surface area contributed by atoms with E-state index in [-0.39, 0.29) is 5.91 Å². The van der Waals surface area contributed by atoms with Crippen LogP contribution in [0.4, 0.5) is 5.82 Å². The van der Waals surface area contributed by atoms with Crippen LogP contribution in [0.3, 0.4) is 0 Å². The van der Waals surface area contributed by atoms with Crippen molar-refractivity contribution in [1.82, 2.24) is 4.98 Å². The third-order valence-corrected chi connectivity index (χ3v) is 4.66. The SMILES string of the molecule is Cc1ccnc(NC(=O)C2(c3cccc(Cl)c3)CCCC2)c1. The van der Waals surface area contributed by atoms with Gasteiger partial charge in [-0.25, -0.2) is 4.98 Å². The summed E-state index contributed by atoms with van der Waals surface area (Å²) in [5.41, 5.74) is 1.59. The highest BCUT2D eigenvalue weighted by Gasteiger charge is 2.42. The largest absolute Gasteiger partial charge is 0.310 e. The molecular formula is C18H19ClN2O. The summed E-state index contributed by atoms with van der Waals surface area (Å²) in [5, 5.41) is 3.66. The summed E-state index contributed by atoms with van der Waals surface area (Å²) in [6.45, 7) is 1.99. The first-order valence-corrected chi connectivity index (χ1v) is 7.98. The van der Waals surface area contributed by atoms with Crippen molar-refractivity contribution in [3.05, 3.63) is 58.7 Å². The molecule has 1 fully saturated rings. The van der Waals surface area contributed by atoms with Gasteiger partial charge >= 0.3 is 0 Å². The molecule has 1 aromatic carbocycles. The number of carbonyl (C=O) groups is 1. The van der Waals surface area contributed by atoms with E-state index < -0.39 is 5.41 Å². The number of anilines is 1. The topological polar surface area (TPSA) is 42.0 Å². The maximum Gasteiger partial charge on any atom is 0.236 e. The Bertz CT molecular complexity index is 693. The van der Waals surface area contributed by atoms with Crippen LogP contribution >= 0.6 is 11.6 Å². The third-order valence-electron chi connectivity index (χ3n) is 4.43. The third kappa shape index (κ3) is 2.86. The summed E-state index contributed by atoms with van der Waals surface area (Å²) in [6.07, 6.45) is 5.53. The molecule has 0 radical (unpaired) electrons. The van der Waals surface area contributed by atoms with E-state index in [0.29, 0.717) is 10.8 Å². The van der Waals surface area contributed by atoms with E-state index in [9.17, 15) is 4.79 Å². The fourth-order valence-corrected chi connectivity index (χ4v) is 3.44. The number of aryl methyl sites for hydroxylation is 1. The number of rotatable bonds is 3. The summed E-state index contributed by atoms with van der Waals surface area (Å²) in [4.78, 5) is 17.2. The normalized spacial score (nSPS) is 16.5. The van der Waals surface area contributed by atoms with Gasteiger partial charge in [-0.15, -0.1) is 0 Å². The van der Waals surface area contributed by atoms with Crippen LogP contribution in [0.1, 0.15) is 36.8 Å². The van der Waals surface area contributed by atoms with Gasteiger partial charge in [0.2, 0.25) is 5.91 Å². The number of nitrogens with one attached hydrogen (secondary N) is 1. The molecule has 1 aliphatic carbocycles. The van der Waals surface area contributed by atoms with Crippen LogP contribution in [0, 0.1) is 6.92 Å². The predicted octanol–water partition coefficient (Wildman–Crippen LogP) is 4.49. The predicted molar refractivity (Wildman–Crippen MR) is 89.2 cm³/mol. The minimum atomic E-state index is -0.490. The molecule has 0 bridgehead atoms. The van der Waals surface area contributed by atoms with Gasteiger partial charge in [-0.3, -0.25) is 4.79 Å². The summed E-state index contributed by atoms with van der Waals surface area (Å²) in [6, 6.07) is 11.5. The van der Waals surface area contributed by atoms with Crippen LogP contribution < -0.4 is 5.32 Å². The number of amides is 1. The van der Waals surface area contributed by atoms with Crippen molar-refractivity contribution in [2.45, 2.75) is 38.0 Å². The molecule has 0 saturated heterocycles. The van der Waals surface area contributed by atoms with Crippen molar-refractivity contribution in [3.63, 3.8) is 0 Å². The van der Waals surface area contributed by atoms with Crippen LogP contribution in [0.25, 0.3) is 0 Å². The number of benzene rings is 1. The van der Waals surface area contributed by atoms with Crippen LogP contribution in [0.15, 0.2) is 42.6 Å². The summed E-state index contributed by atoms with van der Waals surface area (Å²) >= 11 is 6.13. The first-order valence-electron chi connectivity index (χ1n) is 7.60. The van der Waals surface area contributed by atoms with Crippen LogP contribution in [-0.2, 0) is 10.2 Å². The van der Waals surface area contributed by atoms with E-state index in [2.05, 4.69) is 10.3 Å². The molecule has 0 spiro atoms. The molecule has 114 valence electrons. The second kappa shape index (κ2) is 6.09. The number of hydrogen-bond donors (Lipinski definition) is 1. The highest BCUT2D eigenvalue weighted by Crippen LogP contribution is 2.42. The van der Waals surface area contributed by atoms with E-state index in [0.717, 1.165) is 36.8 Å². The second-order valence-electron chi connectivity index (χ2n) is 5.97. The molecular weight excluding hydrogens is 296 g/mol. The van der Waals surface area contributed by atoms with Crippen molar-refractivity contribution >= 4 is 23.3 Å². The molecule has 2 aromatic rings. The van der Waals surface area contributed by atoms with Crippen molar-refractivity contribution in [2.24, 2.45) is 0 Å². The first kappa shape index (κ1) is 15.0. The molecule has 1 amide bonds. The minimum absolute atomic E-state index is 0.0189. The Balaban J connectivity index is 1.92. The fraction of sp³-hybridized carbons (Fsp3) is 0.333. The maximum absolute atomic E-state index is 13.0. The fourth-order valence-electron chi connectivity index (χ4n) is 3.25. The Kier molecular flexibility index (Phi) is 4.16. The average molecular weight is 315 g/mol. The standard InChI is InChI=1S/C18H19ClN2O/c1-13-7-10-20-16(11-13)21-17(22)18(8-2-3-9-18)14-5-4-6-15(19)12-14/h4-7,10-12H,2-3,8-9H2,1H3,(H,20,21,22). The van der Waals surface area contributed by atoms with E-state index in [1.54, 1.807) is 6.20 Å². The van der Waals surface area contributed by atoms with E-state index >= 15 is 0 Å². The molecule has 0 aliphatic heterocycles. The monoisotopic (exact) mass is 314 g/mol. The lowest BCUT2D eigenvalue weighted by atomic mass is 9.78. The van der Waals surface area contributed by atoms with Crippen LogP contribution in [-0.4, -0.2) is 10.9 Å². The van der Waals surface area contributed by atoms with Crippen LogP contribution in [0.2, 0.25) is 5.02 Å². The Morgan fingerprint density at radius 1 is 1.23 bits per heavy atom. The lowest BCUT2D eigenvalue weighted by molar-refractivity contribution is -0.121. The van der Waals surface area contributed by atoms with Gasteiger partial charge in [0.15, 0.2) is 0 Å². The van der Waals surface area contributed by atoms with E-state index in [4.69, 9.17) is 11.6 Å². The Morgan fingerprint density at radius 3 is 2.68 bits per heavy atom. The number of nitrogens with zero attached hydrogens (tertiary/aromatic N) is 1. The smallest absolute Gasteiger partial charge is 0.236 e. The Morgan fingerprint density at radius 2 is 2.00 bits per heavy atom. The molecule has 22 heavy (non-hydrogen) atoms. The molecule has 1 aliphatic rings. The van der Waals surface area contributed by atoms with Gasteiger partial charge in [-0.1, -0.05) is 36.6 Å². The van der Waals surface area contributed by atoms with E-state index in [1.165, 1.54) is 0 Å². The summed E-state index contributed by atoms with van der Waals surface area (Å²) < 4.78 is 0. The van der Waals surface area contributed by atoms with Crippen LogP contribution in [0.5, 0.6) is 0 Å². The Labute approximate surface area is 135 Å². The van der Waals surface area contributed by atoms with Crippen molar-refractivity contribution in [1.29, 1.82) is 0 Å². The first-order chi connectivity index (χ1) is 10.6. The molecule has 3 nitrogen and oxygen atoms in total. The minimum Gasteiger partial charge on any atom is -0.310 e. The van der Waals surface area contributed by atoms with Crippen molar-refractivity contribution in [3.8, 4) is 0 Å².